The minimum absolute atomic E-state index is 0.0838. The zero-order valence-corrected chi connectivity index (χ0v) is 40.8. The molecule has 0 amide bonds. The normalized spacial score (nSPS) is 13.8. The van der Waals surface area contributed by atoms with E-state index in [0.717, 1.165) is 91.9 Å². The maximum atomic E-state index is 5.29. The van der Waals surface area contributed by atoms with Crippen LogP contribution in [0.5, 0.6) is 0 Å². The molecule has 0 aliphatic carbocycles. The van der Waals surface area contributed by atoms with E-state index in [9.17, 15) is 0 Å². The summed E-state index contributed by atoms with van der Waals surface area (Å²) in [6, 6.07) is 79.4. The van der Waals surface area contributed by atoms with Crippen molar-refractivity contribution in [2.75, 3.05) is 5.32 Å². The number of hydrogen-bond acceptors (Lipinski definition) is 6. The summed E-state index contributed by atoms with van der Waals surface area (Å²) in [5.74, 6) is 0. The molecule has 15 aromatic rings. The van der Waals surface area contributed by atoms with E-state index in [1.165, 1.54) is 48.3 Å². The summed E-state index contributed by atoms with van der Waals surface area (Å²) >= 11 is 5.45. The van der Waals surface area contributed by atoms with Crippen molar-refractivity contribution in [3.63, 3.8) is 0 Å². The Morgan fingerprint density at radius 2 is 0.778 bits per heavy atom. The highest BCUT2D eigenvalue weighted by Crippen LogP contribution is 2.52. The van der Waals surface area contributed by atoms with Crippen molar-refractivity contribution in [1.82, 2.24) is 23.7 Å². The van der Waals surface area contributed by atoms with Gasteiger partial charge < -0.3 is 19.0 Å². The van der Waals surface area contributed by atoms with Gasteiger partial charge in [0.1, 0.15) is 15.4 Å². The molecular weight excluding hydrogens is 937 g/mol. The standard InChI is InChI=1S/C63H38N6S3/c1-4-16-37(17-5-1)61-64-49-31-28-46-43-22-10-13-25-52(43)67(55(46)58(49)70-61)40-34-41(68-53-26-14-11-23-44(53)47-29-32-50-59(56(47)68)71-62(65-50)38-18-6-2-7-19-38)36-42(35-40)69-54-27-15-12-24-45(54)48-30-33-51-60(57(48)69)72-63(66-51)39-20-8-3-9-21-39/h1-36,61,64H. The lowest BCUT2D eigenvalue weighted by molar-refractivity contribution is 1.09. The minimum atomic E-state index is 0.0838. The van der Waals surface area contributed by atoms with Gasteiger partial charge in [-0.05, 0) is 72.3 Å². The molecule has 10 aromatic carbocycles. The molecule has 1 atom stereocenters. The number of aromatic nitrogens is 5. The molecule has 0 fully saturated rings. The number of para-hydroxylation sites is 3. The van der Waals surface area contributed by atoms with E-state index in [-0.39, 0.29) is 5.37 Å². The summed E-state index contributed by atoms with van der Waals surface area (Å²) in [5, 5.41) is 13.3. The Bertz CT molecular complexity index is 4490. The summed E-state index contributed by atoms with van der Waals surface area (Å²) in [4.78, 5) is 11.8. The van der Waals surface area contributed by atoms with Crippen LogP contribution in [-0.4, -0.2) is 23.7 Å². The molecular formula is C63H38N6S3. The number of nitrogens with zero attached hydrogens (tertiary/aromatic N) is 5. The van der Waals surface area contributed by atoms with Gasteiger partial charge in [0.05, 0.1) is 81.2 Å². The smallest absolute Gasteiger partial charge is 0.124 e. The minimum Gasteiger partial charge on any atom is -0.368 e. The molecule has 16 rings (SSSR count). The van der Waals surface area contributed by atoms with E-state index in [2.05, 4.69) is 237 Å². The fourth-order valence-corrected chi connectivity index (χ4v) is 14.9. The third-order valence-corrected chi connectivity index (χ3v) is 18.0. The number of nitrogens with one attached hydrogen (secondary N) is 1. The highest BCUT2D eigenvalue weighted by Gasteiger charge is 2.29. The van der Waals surface area contributed by atoms with Crippen LogP contribution in [0.25, 0.3) is 124 Å². The number of thiazole rings is 2. The van der Waals surface area contributed by atoms with Gasteiger partial charge in [-0.3, -0.25) is 0 Å². The average molecular weight is 975 g/mol. The average Bonchev–Trinajstić information content (AvgIpc) is 4.31. The Balaban J connectivity index is 1.04. The molecule has 0 bridgehead atoms. The molecule has 1 aliphatic rings. The highest BCUT2D eigenvalue weighted by atomic mass is 32.2. The van der Waals surface area contributed by atoms with Crippen LogP contribution in [0.1, 0.15) is 10.9 Å². The molecule has 1 N–H and O–H groups in total. The third-order valence-electron chi connectivity index (χ3n) is 14.5. The Hall–Kier alpha value is -8.47. The number of hydrogen-bond donors (Lipinski definition) is 1. The number of thioether (sulfide) groups is 1. The SMILES string of the molecule is c1ccc(-c2nc3ccc4c5ccccc5n(-c5cc(-n6c7ccccc7c7ccc8c(c76)SC(c6ccccc6)N8)cc(-n6c7ccccc7c7ccc8nc(-c9ccccc9)sc8c76)c5)c4c3s2)cc1. The Morgan fingerprint density at radius 3 is 1.26 bits per heavy atom. The summed E-state index contributed by atoms with van der Waals surface area (Å²) in [6.45, 7) is 0. The maximum absolute atomic E-state index is 5.29. The number of anilines is 1. The van der Waals surface area contributed by atoms with Crippen molar-refractivity contribution in [1.29, 1.82) is 0 Å². The Labute approximate surface area is 424 Å². The molecule has 1 aliphatic heterocycles. The van der Waals surface area contributed by atoms with E-state index < -0.39 is 0 Å². The first-order chi connectivity index (χ1) is 35.7. The van der Waals surface area contributed by atoms with E-state index in [1.807, 2.05) is 11.8 Å². The van der Waals surface area contributed by atoms with Gasteiger partial charge in [0.25, 0.3) is 0 Å². The van der Waals surface area contributed by atoms with Crippen molar-refractivity contribution in [2.45, 2.75) is 10.3 Å². The van der Waals surface area contributed by atoms with Crippen molar-refractivity contribution >= 4 is 126 Å². The van der Waals surface area contributed by atoms with Gasteiger partial charge in [-0.15, -0.1) is 22.7 Å². The summed E-state index contributed by atoms with van der Waals surface area (Å²) in [5.41, 5.74) is 16.8. The van der Waals surface area contributed by atoms with Crippen LogP contribution < -0.4 is 5.32 Å². The van der Waals surface area contributed by atoms with Gasteiger partial charge in [-0.2, -0.15) is 0 Å². The van der Waals surface area contributed by atoms with E-state index in [4.69, 9.17) is 9.97 Å². The van der Waals surface area contributed by atoms with Crippen LogP contribution in [0, 0.1) is 0 Å². The van der Waals surface area contributed by atoms with E-state index >= 15 is 0 Å². The van der Waals surface area contributed by atoms with Gasteiger partial charge >= 0.3 is 0 Å². The van der Waals surface area contributed by atoms with E-state index in [1.54, 1.807) is 22.7 Å². The summed E-state index contributed by atoms with van der Waals surface area (Å²) < 4.78 is 9.88. The fourth-order valence-electron chi connectivity index (χ4n) is 11.4. The van der Waals surface area contributed by atoms with Crippen LogP contribution >= 0.6 is 34.4 Å². The molecule has 0 saturated carbocycles. The number of fused-ring (bicyclic) bond motifs is 15. The predicted molar refractivity (Wildman–Crippen MR) is 305 cm³/mol. The molecule has 1 unspecified atom stereocenters. The maximum Gasteiger partial charge on any atom is 0.124 e. The van der Waals surface area contributed by atoms with Crippen LogP contribution in [0.2, 0.25) is 0 Å². The van der Waals surface area contributed by atoms with Crippen LogP contribution in [0.3, 0.4) is 0 Å². The molecule has 72 heavy (non-hydrogen) atoms. The topological polar surface area (TPSA) is 52.6 Å². The fraction of sp³-hybridized carbons (Fsp3) is 0.0159. The molecule has 0 radical (unpaired) electrons. The molecule has 6 nitrogen and oxygen atoms in total. The molecule has 0 saturated heterocycles. The summed E-state index contributed by atoms with van der Waals surface area (Å²) in [6.07, 6.45) is 0. The number of rotatable bonds is 6. The first-order valence-electron chi connectivity index (χ1n) is 24.2. The second kappa shape index (κ2) is 15.5. The van der Waals surface area contributed by atoms with Crippen LogP contribution in [0.4, 0.5) is 5.69 Å². The first kappa shape index (κ1) is 40.3. The molecule has 6 heterocycles. The molecule has 5 aromatic heterocycles. The van der Waals surface area contributed by atoms with Crippen molar-refractivity contribution in [2.24, 2.45) is 0 Å². The van der Waals surface area contributed by atoms with E-state index in [0.29, 0.717) is 0 Å². The van der Waals surface area contributed by atoms with Gasteiger partial charge in [0.2, 0.25) is 0 Å². The lowest BCUT2D eigenvalue weighted by atomic mass is 10.1. The Kier molecular flexibility index (Phi) is 8.68. The lowest BCUT2D eigenvalue weighted by Crippen LogP contribution is -2.03. The second-order valence-electron chi connectivity index (χ2n) is 18.5. The van der Waals surface area contributed by atoms with Crippen LogP contribution in [-0.2, 0) is 0 Å². The predicted octanol–water partition coefficient (Wildman–Crippen LogP) is 17.7. The number of benzene rings is 10. The van der Waals surface area contributed by atoms with Gasteiger partial charge in [-0.25, -0.2) is 9.97 Å². The quantitative estimate of drug-likeness (QED) is 0.180. The lowest BCUT2D eigenvalue weighted by Gasteiger charge is -2.18. The molecule has 0 spiro atoms. The highest BCUT2D eigenvalue weighted by molar-refractivity contribution is 8.00. The summed E-state index contributed by atoms with van der Waals surface area (Å²) in [7, 11) is 0. The second-order valence-corrected chi connectivity index (χ2v) is 21.7. The van der Waals surface area contributed by atoms with Gasteiger partial charge in [-0.1, -0.05) is 163 Å². The monoisotopic (exact) mass is 974 g/mol. The van der Waals surface area contributed by atoms with Crippen molar-refractivity contribution in [3.05, 3.63) is 224 Å². The van der Waals surface area contributed by atoms with Crippen molar-refractivity contribution < 1.29 is 0 Å². The van der Waals surface area contributed by atoms with Gasteiger partial charge in [0, 0.05) is 43.4 Å². The largest absolute Gasteiger partial charge is 0.368 e. The van der Waals surface area contributed by atoms with Gasteiger partial charge in [0.15, 0.2) is 0 Å². The molecule has 9 heteroatoms. The molecule has 338 valence electrons. The van der Waals surface area contributed by atoms with Crippen LogP contribution in [0.15, 0.2) is 223 Å². The Morgan fingerprint density at radius 1 is 0.375 bits per heavy atom. The first-order valence-corrected chi connectivity index (χ1v) is 26.7. The zero-order chi connectivity index (χ0) is 47.0. The third kappa shape index (κ3) is 5.90. The zero-order valence-electron chi connectivity index (χ0n) is 38.3. The van der Waals surface area contributed by atoms with Crippen molar-refractivity contribution in [3.8, 4) is 38.2 Å².